The molecular weight excluding hydrogens is 338 g/mol. The van der Waals surface area contributed by atoms with Crippen molar-refractivity contribution in [3.05, 3.63) is 38.4 Å². The van der Waals surface area contributed by atoms with Crippen molar-refractivity contribution in [1.82, 2.24) is 4.31 Å². The van der Waals surface area contributed by atoms with E-state index in [1.807, 2.05) is 6.07 Å². The molecule has 0 radical (unpaired) electrons. The summed E-state index contributed by atoms with van der Waals surface area (Å²) in [4.78, 5) is 1.76. The lowest BCUT2D eigenvalue weighted by Crippen LogP contribution is -2.25. The predicted octanol–water partition coefficient (Wildman–Crippen LogP) is 2.82. The number of thiophene rings is 2. The zero-order valence-corrected chi connectivity index (χ0v) is 13.9. The van der Waals surface area contributed by atoms with Gasteiger partial charge in [0.05, 0.1) is 4.34 Å². The first-order valence-electron chi connectivity index (χ1n) is 5.83. The average molecular weight is 352 g/mol. The molecule has 0 atom stereocenters. The molecule has 0 aliphatic heterocycles. The summed E-state index contributed by atoms with van der Waals surface area (Å²) in [6, 6.07) is 6.91. The van der Waals surface area contributed by atoms with E-state index in [2.05, 4.69) is 0 Å². The Morgan fingerprint density at radius 2 is 1.90 bits per heavy atom. The van der Waals surface area contributed by atoms with Crippen LogP contribution in [0, 0.1) is 0 Å². The number of rotatable bonds is 6. The smallest absolute Gasteiger partial charge is 0.252 e. The molecule has 0 unspecified atom stereocenters. The molecule has 0 bridgehead atoms. The topological polar surface area (TPSA) is 57.6 Å². The first-order chi connectivity index (χ1) is 9.43. The van der Waals surface area contributed by atoms with Crippen LogP contribution in [0.1, 0.15) is 9.75 Å². The SMILES string of the molecule is CN(Cc1ccc(Cl)s1)S(=O)(=O)c1ccc(CCO)s1. The fourth-order valence-electron chi connectivity index (χ4n) is 1.64. The van der Waals surface area contributed by atoms with Crippen LogP contribution in [0.4, 0.5) is 0 Å². The lowest BCUT2D eigenvalue weighted by molar-refractivity contribution is 0.300. The summed E-state index contributed by atoms with van der Waals surface area (Å²) in [5, 5.41) is 8.87. The van der Waals surface area contributed by atoms with Gasteiger partial charge in [-0.1, -0.05) is 11.6 Å². The highest BCUT2D eigenvalue weighted by Gasteiger charge is 2.23. The lowest BCUT2D eigenvalue weighted by atomic mass is 10.4. The van der Waals surface area contributed by atoms with E-state index in [0.717, 1.165) is 9.75 Å². The fraction of sp³-hybridized carbons (Fsp3) is 0.333. The number of aliphatic hydroxyl groups excluding tert-OH is 1. The molecule has 8 heteroatoms. The minimum absolute atomic E-state index is 0.0174. The summed E-state index contributed by atoms with van der Waals surface area (Å²) in [6.07, 6.45) is 0.477. The van der Waals surface area contributed by atoms with Crippen LogP contribution < -0.4 is 0 Å². The lowest BCUT2D eigenvalue weighted by Gasteiger charge is -2.14. The zero-order valence-electron chi connectivity index (χ0n) is 10.7. The second kappa shape index (κ2) is 6.55. The highest BCUT2D eigenvalue weighted by atomic mass is 35.5. The van der Waals surface area contributed by atoms with Crippen molar-refractivity contribution in [3.63, 3.8) is 0 Å². The van der Waals surface area contributed by atoms with Gasteiger partial charge in [0.15, 0.2) is 0 Å². The van der Waals surface area contributed by atoms with Gasteiger partial charge in [-0.05, 0) is 24.3 Å². The zero-order chi connectivity index (χ0) is 14.8. The Bertz CT molecular complexity index is 678. The Morgan fingerprint density at radius 3 is 2.50 bits per heavy atom. The van der Waals surface area contributed by atoms with Crippen molar-refractivity contribution in [1.29, 1.82) is 0 Å². The Kier molecular flexibility index (Phi) is 5.22. The number of halogens is 1. The first-order valence-corrected chi connectivity index (χ1v) is 9.28. The van der Waals surface area contributed by atoms with Crippen LogP contribution in [0.5, 0.6) is 0 Å². The van der Waals surface area contributed by atoms with Crippen LogP contribution in [-0.2, 0) is 23.0 Å². The number of sulfonamides is 1. The second-order valence-corrected chi connectivity index (χ2v) is 9.40. The molecule has 4 nitrogen and oxygen atoms in total. The highest BCUT2D eigenvalue weighted by molar-refractivity contribution is 7.91. The third-order valence-corrected chi connectivity index (χ3v) is 7.30. The maximum Gasteiger partial charge on any atom is 0.252 e. The van der Waals surface area contributed by atoms with Crippen molar-refractivity contribution in [2.45, 2.75) is 17.2 Å². The molecule has 0 amide bonds. The molecule has 0 aliphatic carbocycles. The number of nitrogens with zero attached hydrogens (tertiary/aromatic N) is 1. The van der Waals surface area contributed by atoms with Crippen LogP contribution in [0.15, 0.2) is 28.5 Å². The fourth-order valence-corrected chi connectivity index (χ4v) is 5.56. The molecule has 2 heterocycles. The maximum absolute atomic E-state index is 12.4. The van der Waals surface area contributed by atoms with E-state index in [9.17, 15) is 8.42 Å². The molecular formula is C12H14ClNO3S3. The van der Waals surface area contributed by atoms with Gasteiger partial charge in [-0.3, -0.25) is 0 Å². The summed E-state index contributed by atoms with van der Waals surface area (Å²) in [6.45, 7) is 0.316. The van der Waals surface area contributed by atoms with E-state index in [4.69, 9.17) is 16.7 Å². The van der Waals surface area contributed by atoms with E-state index < -0.39 is 10.0 Å². The van der Waals surface area contributed by atoms with Gasteiger partial charge in [0.25, 0.3) is 10.0 Å². The molecule has 0 saturated heterocycles. The van der Waals surface area contributed by atoms with Gasteiger partial charge >= 0.3 is 0 Å². The average Bonchev–Trinajstić information content (AvgIpc) is 2.99. The molecule has 2 rings (SSSR count). The molecule has 0 saturated carbocycles. The minimum atomic E-state index is -3.49. The monoisotopic (exact) mass is 351 g/mol. The first kappa shape index (κ1) is 15.9. The standard InChI is InChI=1S/C12H14ClNO3S3/c1-14(8-10-2-4-11(13)18-10)20(16,17)12-5-3-9(19-12)6-7-15/h2-5,15H,6-8H2,1H3. The van der Waals surface area contributed by atoms with Crippen molar-refractivity contribution >= 4 is 44.3 Å². The molecule has 1 N–H and O–H groups in total. The summed E-state index contributed by atoms with van der Waals surface area (Å²) >= 11 is 8.41. The van der Waals surface area contributed by atoms with E-state index in [0.29, 0.717) is 21.5 Å². The van der Waals surface area contributed by atoms with Crippen molar-refractivity contribution in [2.24, 2.45) is 0 Å². The Morgan fingerprint density at radius 1 is 1.20 bits per heavy atom. The van der Waals surface area contributed by atoms with Gasteiger partial charge in [0, 0.05) is 36.4 Å². The molecule has 20 heavy (non-hydrogen) atoms. The normalized spacial score (nSPS) is 12.2. The summed E-state index contributed by atoms with van der Waals surface area (Å²) < 4.78 is 27.1. The molecule has 0 aromatic carbocycles. The van der Waals surface area contributed by atoms with Crippen molar-refractivity contribution < 1.29 is 13.5 Å². The predicted molar refractivity (Wildman–Crippen MR) is 83.1 cm³/mol. The van der Waals surface area contributed by atoms with Gasteiger partial charge < -0.3 is 5.11 Å². The largest absolute Gasteiger partial charge is 0.396 e. The van der Waals surface area contributed by atoms with Gasteiger partial charge in [-0.25, -0.2) is 8.42 Å². The Labute approximate surface area is 131 Å². The van der Waals surface area contributed by atoms with Crippen LogP contribution in [0.25, 0.3) is 0 Å². The van der Waals surface area contributed by atoms with Gasteiger partial charge in [-0.15, -0.1) is 22.7 Å². The third-order valence-electron chi connectivity index (χ3n) is 2.67. The van der Waals surface area contributed by atoms with Crippen molar-refractivity contribution in [2.75, 3.05) is 13.7 Å². The molecule has 2 aromatic heterocycles. The van der Waals surface area contributed by atoms with Gasteiger partial charge in [-0.2, -0.15) is 4.31 Å². The minimum Gasteiger partial charge on any atom is -0.396 e. The Hall–Kier alpha value is -0.440. The van der Waals surface area contributed by atoms with Gasteiger partial charge in [0.1, 0.15) is 4.21 Å². The van der Waals surface area contributed by atoms with Crippen LogP contribution >= 0.6 is 34.3 Å². The van der Waals surface area contributed by atoms with Crippen LogP contribution in [0.3, 0.4) is 0 Å². The summed E-state index contributed by atoms with van der Waals surface area (Å²) in [5.41, 5.74) is 0. The molecule has 110 valence electrons. The van der Waals surface area contributed by atoms with E-state index >= 15 is 0 Å². The van der Waals surface area contributed by atoms with Crippen molar-refractivity contribution in [3.8, 4) is 0 Å². The molecule has 0 aliphatic rings. The van der Waals surface area contributed by atoms with E-state index in [1.54, 1.807) is 25.2 Å². The summed E-state index contributed by atoms with van der Waals surface area (Å²) in [5.74, 6) is 0. The van der Waals surface area contributed by atoms with Crippen LogP contribution in [0.2, 0.25) is 4.34 Å². The van der Waals surface area contributed by atoms with Crippen LogP contribution in [-0.4, -0.2) is 31.5 Å². The molecule has 0 spiro atoms. The quantitative estimate of drug-likeness (QED) is 0.870. The highest BCUT2D eigenvalue weighted by Crippen LogP contribution is 2.27. The number of aliphatic hydroxyl groups is 1. The van der Waals surface area contributed by atoms with Gasteiger partial charge in [0.2, 0.25) is 0 Å². The number of hydrogen-bond donors (Lipinski definition) is 1. The molecule has 2 aromatic rings. The Balaban J connectivity index is 2.15. The third kappa shape index (κ3) is 3.60. The maximum atomic E-state index is 12.4. The summed E-state index contributed by atoms with van der Waals surface area (Å²) in [7, 11) is -1.94. The van der Waals surface area contributed by atoms with E-state index in [1.165, 1.54) is 27.0 Å². The van der Waals surface area contributed by atoms with E-state index in [-0.39, 0.29) is 6.61 Å². The number of hydrogen-bond acceptors (Lipinski definition) is 5. The second-order valence-electron chi connectivity index (χ2n) is 4.16. The molecule has 0 fully saturated rings.